The molecule has 1 heterocycles. The van der Waals surface area contributed by atoms with Crippen molar-refractivity contribution in [2.75, 3.05) is 19.7 Å². The van der Waals surface area contributed by atoms with Crippen molar-refractivity contribution in [1.82, 2.24) is 9.80 Å². The highest BCUT2D eigenvalue weighted by Gasteiger charge is 2.36. The average Bonchev–Trinajstić information content (AvgIpc) is 2.70. The summed E-state index contributed by atoms with van der Waals surface area (Å²) in [6, 6.07) is 8.74. The average molecular weight is 442 g/mol. The summed E-state index contributed by atoms with van der Waals surface area (Å²) in [6.07, 6.45) is -4.85. The van der Waals surface area contributed by atoms with E-state index in [1.165, 1.54) is 12.1 Å². The third kappa shape index (κ3) is 5.52. The summed E-state index contributed by atoms with van der Waals surface area (Å²) in [5.41, 5.74) is -0.488. The van der Waals surface area contributed by atoms with E-state index in [2.05, 4.69) is 4.90 Å². The molecule has 31 heavy (non-hydrogen) atoms. The maximum atomic E-state index is 14.1. The Morgan fingerprint density at radius 2 is 1.71 bits per heavy atom. The van der Waals surface area contributed by atoms with Crippen LogP contribution in [0.2, 0.25) is 0 Å². The Kier molecular flexibility index (Phi) is 6.83. The Hall–Kier alpha value is -2.68. The van der Waals surface area contributed by atoms with Crippen molar-refractivity contribution < 1.29 is 31.5 Å². The maximum absolute atomic E-state index is 14.1. The summed E-state index contributed by atoms with van der Waals surface area (Å²) >= 11 is 0. The van der Waals surface area contributed by atoms with Crippen molar-refractivity contribution in [3.63, 3.8) is 0 Å². The molecule has 0 N–H and O–H groups in total. The highest BCUT2D eigenvalue weighted by atomic mass is 19.4. The van der Waals surface area contributed by atoms with Crippen LogP contribution in [-0.2, 0) is 17.5 Å². The highest BCUT2D eigenvalue weighted by Crippen LogP contribution is 2.34. The molecular formula is C22H23F5N2O2. The first-order valence-corrected chi connectivity index (χ1v) is 9.82. The Morgan fingerprint density at radius 1 is 1.03 bits per heavy atom. The van der Waals surface area contributed by atoms with Crippen LogP contribution in [0.25, 0.3) is 0 Å². The number of ether oxygens (including phenoxy) is 1. The minimum absolute atomic E-state index is 0.00417. The largest absolute Gasteiger partial charge is 0.481 e. The van der Waals surface area contributed by atoms with Crippen LogP contribution in [0, 0.1) is 11.6 Å². The fourth-order valence-corrected chi connectivity index (χ4v) is 3.65. The molecule has 1 saturated heterocycles. The van der Waals surface area contributed by atoms with Gasteiger partial charge in [-0.2, -0.15) is 13.2 Å². The number of piperazine rings is 1. The van der Waals surface area contributed by atoms with Gasteiger partial charge in [-0.15, -0.1) is 0 Å². The molecule has 0 spiro atoms. The van der Waals surface area contributed by atoms with Gasteiger partial charge in [-0.3, -0.25) is 9.69 Å². The van der Waals surface area contributed by atoms with E-state index in [0.717, 1.165) is 17.7 Å². The molecule has 4 nitrogen and oxygen atoms in total. The topological polar surface area (TPSA) is 32.8 Å². The van der Waals surface area contributed by atoms with E-state index in [4.69, 9.17) is 4.74 Å². The van der Waals surface area contributed by atoms with Gasteiger partial charge in [-0.05, 0) is 43.7 Å². The summed E-state index contributed by atoms with van der Waals surface area (Å²) in [5.74, 6) is -2.89. The van der Waals surface area contributed by atoms with Crippen LogP contribution in [0.5, 0.6) is 5.75 Å². The van der Waals surface area contributed by atoms with Gasteiger partial charge < -0.3 is 9.64 Å². The lowest BCUT2D eigenvalue weighted by Crippen LogP contribution is -2.58. The fourth-order valence-electron chi connectivity index (χ4n) is 3.65. The number of rotatable bonds is 5. The molecule has 168 valence electrons. The molecule has 1 aliphatic rings. The van der Waals surface area contributed by atoms with E-state index >= 15 is 0 Å². The normalized spacial score (nSPS) is 20.0. The number of amides is 1. The molecular weight excluding hydrogens is 419 g/mol. The van der Waals surface area contributed by atoms with Gasteiger partial charge in [0.2, 0.25) is 0 Å². The van der Waals surface area contributed by atoms with E-state index < -0.39 is 35.8 Å². The molecule has 0 bridgehead atoms. The monoisotopic (exact) mass is 442 g/mol. The van der Waals surface area contributed by atoms with Crippen LogP contribution in [-0.4, -0.2) is 47.5 Å². The zero-order valence-corrected chi connectivity index (χ0v) is 17.1. The molecule has 0 unspecified atom stereocenters. The Bertz CT molecular complexity index is 917. The summed E-state index contributed by atoms with van der Waals surface area (Å²) in [6.45, 7) is 4.78. The van der Waals surface area contributed by atoms with Crippen LogP contribution in [0.15, 0.2) is 42.5 Å². The number of carbonyl (C=O) groups excluding carboxylic acids is 1. The van der Waals surface area contributed by atoms with Gasteiger partial charge in [0, 0.05) is 31.7 Å². The van der Waals surface area contributed by atoms with Gasteiger partial charge in [-0.1, -0.05) is 18.2 Å². The third-order valence-corrected chi connectivity index (χ3v) is 5.35. The van der Waals surface area contributed by atoms with Crippen molar-refractivity contribution in [2.45, 2.75) is 38.7 Å². The van der Waals surface area contributed by atoms with E-state index in [1.807, 2.05) is 13.8 Å². The first kappa shape index (κ1) is 23.0. The molecule has 1 amide bonds. The second-order valence-corrected chi connectivity index (χ2v) is 7.70. The molecule has 2 aromatic rings. The SMILES string of the molecule is C[C@@H]1CN(Cc2ccc(F)cc2)[C@@H](C)CN1C(=O)COc1cccc(C(F)(F)F)c1F. The Morgan fingerprint density at radius 3 is 2.35 bits per heavy atom. The lowest BCUT2D eigenvalue weighted by Gasteiger charge is -2.44. The van der Waals surface area contributed by atoms with Crippen molar-refractivity contribution >= 4 is 5.91 Å². The summed E-state index contributed by atoms with van der Waals surface area (Å²) in [7, 11) is 0. The molecule has 0 radical (unpaired) electrons. The molecule has 0 aromatic heterocycles. The number of benzene rings is 2. The lowest BCUT2D eigenvalue weighted by atomic mass is 10.1. The molecule has 0 aliphatic carbocycles. The predicted molar refractivity (Wildman–Crippen MR) is 104 cm³/mol. The van der Waals surface area contributed by atoms with Gasteiger partial charge in [-0.25, -0.2) is 8.78 Å². The van der Waals surface area contributed by atoms with E-state index in [-0.39, 0.29) is 17.9 Å². The molecule has 1 fully saturated rings. The zero-order chi connectivity index (χ0) is 22.8. The van der Waals surface area contributed by atoms with E-state index in [9.17, 15) is 26.7 Å². The standard InChI is InChI=1S/C22H23F5N2O2/c1-14-11-29(15(2)10-28(14)12-16-6-8-17(23)9-7-16)20(30)13-31-19-5-3-4-18(21(19)24)22(25,26)27/h3-9,14-15H,10-13H2,1-2H3/t14-,15+/m0/s1. The summed E-state index contributed by atoms with van der Waals surface area (Å²) < 4.78 is 70.8. The molecule has 0 saturated carbocycles. The molecule has 2 atom stereocenters. The summed E-state index contributed by atoms with van der Waals surface area (Å²) in [5, 5.41) is 0. The second kappa shape index (κ2) is 9.21. The van der Waals surface area contributed by atoms with Gasteiger partial charge in [0.1, 0.15) is 5.82 Å². The van der Waals surface area contributed by atoms with E-state index in [0.29, 0.717) is 25.7 Å². The number of carbonyl (C=O) groups is 1. The smallest absolute Gasteiger partial charge is 0.419 e. The number of alkyl halides is 3. The maximum Gasteiger partial charge on any atom is 0.419 e. The van der Waals surface area contributed by atoms with E-state index in [1.54, 1.807) is 17.0 Å². The van der Waals surface area contributed by atoms with Gasteiger partial charge in [0.15, 0.2) is 18.2 Å². The second-order valence-electron chi connectivity index (χ2n) is 7.70. The van der Waals surface area contributed by atoms with Crippen molar-refractivity contribution in [2.24, 2.45) is 0 Å². The van der Waals surface area contributed by atoms with Crippen molar-refractivity contribution in [1.29, 1.82) is 0 Å². The van der Waals surface area contributed by atoms with Gasteiger partial charge >= 0.3 is 6.18 Å². The number of hydrogen-bond acceptors (Lipinski definition) is 3. The van der Waals surface area contributed by atoms with Crippen molar-refractivity contribution in [3.8, 4) is 5.75 Å². The number of hydrogen-bond donors (Lipinski definition) is 0. The molecule has 1 aliphatic heterocycles. The molecule has 9 heteroatoms. The van der Waals surface area contributed by atoms with Crippen LogP contribution < -0.4 is 4.74 Å². The first-order chi connectivity index (χ1) is 14.6. The third-order valence-electron chi connectivity index (χ3n) is 5.35. The van der Waals surface area contributed by atoms with Gasteiger partial charge in [0.25, 0.3) is 5.91 Å². The van der Waals surface area contributed by atoms with Crippen molar-refractivity contribution in [3.05, 3.63) is 65.2 Å². The Labute approximate surface area is 177 Å². The predicted octanol–water partition coefficient (Wildman–Crippen LogP) is 4.48. The van der Waals surface area contributed by atoms with Crippen LogP contribution >= 0.6 is 0 Å². The zero-order valence-electron chi connectivity index (χ0n) is 17.1. The minimum Gasteiger partial charge on any atom is -0.481 e. The first-order valence-electron chi connectivity index (χ1n) is 9.82. The highest BCUT2D eigenvalue weighted by molar-refractivity contribution is 5.78. The van der Waals surface area contributed by atoms with Crippen LogP contribution in [0.1, 0.15) is 25.0 Å². The lowest BCUT2D eigenvalue weighted by molar-refractivity contribution is -0.140. The quantitative estimate of drug-likeness (QED) is 0.640. The molecule has 2 aromatic carbocycles. The molecule has 3 rings (SSSR count). The van der Waals surface area contributed by atoms with Crippen LogP contribution in [0.3, 0.4) is 0 Å². The van der Waals surface area contributed by atoms with Crippen LogP contribution in [0.4, 0.5) is 22.0 Å². The summed E-state index contributed by atoms with van der Waals surface area (Å²) in [4.78, 5) is 16.4. The minimum atomic E-state index is -4.85. The van der Waals surface area contributed by atoms with Gasteiger partial charge in [0.05, 0.1) is 5.56 Å². The fraction of sp³-hybridized carbons (Fsp3) is 0.409. The number of halogens is 5. The number of nitrogens with zero attached hydrogens (tertiary/aromatic N) is 2. The Balaban J connectivity index is 1.60.